The fraction of sp³-hybridized carbons (Fsp3) is 0.615. The molecule has 20 heavy (non-hydrogen) atoms. The summed E-state index contributed by atoms with van der Waals surface area (Å²) >= 11 is 0. The number of aromatic nitrogens is 2. The Hall–Kier alpha value is -1.92. The lowest BCUT2D eigenvalue weighted by molar-refractivity contribution is 0.150. The molecule has 0 bridgehead atoms. The average Bonchev–Trinajstić information content (AvgIpc) is 3.07. The first-order valence-corrected chi connectivity index (χ1v) is 6.88. The van der Waals surface area contributed by atoms with Crippen molar-refractivity contribution < 1.29 is 13.9 Å². The van der Waals surface area contributed by atoms with Crippen LogP contribution in [0.2, 0.25) is 0 Å². The maximum atomic E-state index is 14.2. The molecular weight excluding hydrogens is 263 g/mol. The van der Waals surface area contributed by atoms with Crippen LogP contribution in [-0.2, 0) is 11.2 Å². The molecule has 7 heteroatoms. The molecule has 6 nitrogen and oxygen atoms in total. The van der Waals surface area contributed by atoms with Gasteiger partial charge in [0.05, 0.1) is 18.3 Å². The van der Waals surface area contributed by atoms with Crippen LogP contribution in [0.4, 0.5) is 15.0 Å². The third-order valence-electron chi connectivity index (χ3n) is 3.87. The number of amides is 1. The van der Waals surface area contributed by atoms with Gasteiger partial charge >= 0.3 is 6.09 Å². The van der Waals surface area contributed by atoms with Crippen LogP contribution < -0.4 is 4.90 Å². The molecule has 108 valence electrons. The summed E-state index contributed by atoms with van der Waals surface area (Å²) in [5, 5.41) is 0. The molecule has 1 unspecified atom stereocenters. The first kappa shape index (κ1) is 13.1. The Labute approximate surface area is 116 Å². The maximum Gasteiger partial charge on any atom is 0.410 e. The van der Waals surface area contributed by atoms with E-state index in [1.165, 1.54) is 6.33 Å². The number of carbonyl (C=O) groups excluding carboxylic acids is 1. The Morgan fingerprint density at radius 3 is 3.00 bits per heavy atom. The van der Waals surface area contributed by atoms with Crippen LogP contribution in [-0.4, -0.2) is 53.2 Å². The second kappa shape index (κ2) is 5.22. The predicted octanol–water partition coefficient (Wildman–Crippen LogP) is 1.21. The summed E-state index contributed by atoms with van der Waals surface area (Å²) in [6, 6.07) is 0.0736. The Kier molecular flexibility index (Phi) is 3.42. The summed E-state index contributed by atoms with van der Waals surface area (Å²) in [4.78, 5) is 23.2. The van der Waals surface area contributed by atoms with Crippen molar-refractivity contribution in [3.63, 3.8) is 0 Å². The second-order valence-corrected chi connectivity index (χ2v) is 5.01. The number of nitrogens with zero attached hydrogens (tertiary/aromatic N) is 4. The average molecular weight is 280 g/mol. The lowest BCUT2D eigenvalue weighted by Crippen LogP contribution is -2.38. The number of hydrogen-bond acceptors (Lipinski definition) is 5. The van der Waals surface area contributed by atoms with Crippen molar-refractivity contribution in [1.29, 1.82) is 0 Å². The van der Waals surface area contributed by atoms with Gasteiger partial charge in [-0.25, -0.2) is 19.2 Å². The first-order valence-electron chi connectivity index (χ1n) is 6.88. The minimum Gasteiger partial charge on any atom is -0.448 e. The van der Waals surface area contributed by atoms with Crippen molar-refractivity contribution in [2.75, 3.05) is 31.1 Å². The standard InChI is InChI=1S/C13H17FN4O2/c1-2-10-11(14)12(16-8-15-10)17-4-3-9(7-17)18-5-6-20-13(18)19/h8-9H,2-7H2,1H3. The molecule has 2 saturated heterocycles. The molecular formula is C13H17FN4O2. The minimum absolute atomic E-state index is 0.0736. The SMILES string of the molecule is CCc1ncnc(N2CCC(N3CCOC3=O)C2)c1F. The van der Waals surface area contributed by atoms with Crippen LogP contribution >= 0.6 is 0 Å². The zero-order valence-electron chi connectivity index (χ0n) is 11.4. The Morgan fingerprint density at radius 1 is 1.45 bits per heavy atom. The summed E-state index contributed by atoms with van der Waals surface area (Å²) < 4.78 is 19.2. The molecule has 3 heterocycles. The van der Waals surface area contributed by atoms with Gasteiger partial charge in [-0.1, -0.05) is 6.92 Å². The van der Waals surface area contributed by atoms with Crippen LogP contribution in [0.3, 0.4) is 0 Å². The molecule has 0 saturated carbocycles. The molecule has 2 aliphatic heterocycles. The summed E-state index contributed by atoms with van der Waals surface area (Å²) in [7, 11) is 0. The van der Waals surface area contributed by atoms with E-state index in [2.05, 4.69) is 9.97 Å². The number of hydrogen-bond donors (Lipinski definition) is 0. The van der Waals surface area contributed by atoms with Gasteiger partial charge in [0.2, 0.25) is 0 Å². The van der Waals surface area contributed by atoms with Crippen LogP contribution in [0.15, 0.2) is 6.33 Å². The van der Waals surface area contributed by atoms with Crippen molar-refractivity contribution in [1.82, 2.24) is 14.9 Å². The van der Waals surface area contributed by atoms with Gasteiger partial charge in [0.15, 0.2) is 11.6 Å². The highest BCUT2D eigenvalue weighted by molar-refractivity contribution is 5.70. The molecule has 0 N–H and O–H groups in total. The molecule has 1 atom stereocenters. The quantitative estimate of drug-likeness (QED) is 0.833. The van der Waals surface area contributed by atoms with Crippen molar-refractivity contribution in [2.45, 2.75) is 25.8 Å². The summed E-state index contributed by atoms with van der Waals surface area (Å²) in [6.45, 7) is 4.20. The van der Waals surface area contributed by atoms with E-state index in [1.807, 2.05) is 11.8 Å². The molecule has 1 amide bonds. The van der Waals surface area contributed by atoms with Crippen LogP contribution in [0.5, 0.6) is 0 Å². The molecule has 1 aromatic heterocycles. The van der Waals surface area contributed by atoms with Gasteiger partial charge < -0.3 is 9.64 Å². The number of cyclic esters (lactones) is 1. The second-order valence-electron chi connectivity index (χ2n) is 5.01. The molecule has 0 spiro atoms. The lowest BCUT2D eigenvalue weighted by Gasteiger charge is -2.22. The number of aryl methyl sites for hydroxylation is 1. The smallest absolute Gasteiger partial charge is 0.410 e. The highest BCUT2D eigenvalue weighted by Crippen LogP contribution is 2.26. The van der Waals surface area contributed by atoms with E-state index in [-0.39, 0.29) is 18.0 Å². The largest absolute Gasteiger partial charge is 0.448 e. The first-order chi connectivity index (χ1) is 9.70. The van der Waals surface area contributed by atoms with Crippen LogP contribution in [0, 0.1) is 5.82 Å². The lowest BCUT2D eigenvalue weighted by atomic mass is 10.2. The molecule has 1 aromatic rings. The highest BCUT2D eigenvalue weighted by Gasteiger charge is 2.35. The number of anilines is 1. The third-order valence-corrected chi connectivity index (χ3v) is 3.87. The van der Waals surface area contributed by atoms with Gasteiger partial charge in [0, 0.05) is 13.1 Å². The van der Waals surface area contributed by atoms with Crippen molar-refractivity contribution in [2.24, 2.45) is 0 Å². The molecule has 2 aliphatic rings. The van der Waals surface area contributed by atoms with Gasteiger partial charge in [0.1, 0.15) is 12.9 Å². The van der Waals surface area contributed by atoms with Gasteiger partial charge in [-0.15, -0.1) is 0 Å². The summed E-state index contributed by atoms with van der Waals surface area (Å²) in [5.74, 6) is -0.00781. The van der Waals surface area contributed by atoms with E-state index in [1.54, 1.807) is 4.90 Å². The van der Waals surface area contributed by atoms with Crippen LogP contribution in [0.1, 0.15) is 19.0 Å². The maximum absolute atomic E-state index is 14.2. The van der Waals surface area contributed by atoms with Crippen molar-refractivity contribution in [3.8, 4) is 0 Å². The monoisotopic (exact) mass is 280 g/mol. The van der Waals surface area contributed by atoms with E-state index in [0.29, 0.717) is 44.2 Å². The fourth-order valence-corrected chi connectivity index (χ4v) is 2.79. The third kappa shape index (κ3) is 2.17. The number of carbonyl (C=O) groups is 1. The number of rotatable bonds is 3. The number of halogens is 1. The zero-order chi connectivity index (χ0) is 14.1. The minimum atomic E-state index is -0.348. The molecule has 0 aromatic carbocycles. The van der Waals surface area contributed by atoms with E-state index in [0.717, 1.165) is 6.42 Å². The van der Waals surface area contributed by atoms with Gasteiger partial charge in [-0.3, -0.25) is 4.90 Å². The summed E-state index contributed by atoms with van der Waals surface area (Å²) in [6.07, 6.45) is 2.47. The Bertz CT molecular complexity index is 525. The van der Waals surface area contributed by atoms with Gasteiger partial charge in [-0.2, -0.15) is 0 Å². The summed E-state index contributed by atoms with van der Waals surface area (Å²) in [5.41, 5.74) is 0.430. The van der Waals surface area contributed by atoms with E-state index in [4.69, 9.17) is 4.74 Å². The zero-order valence-corrected chi connectivity index (χ0v) is 11.4. The Balaban J connectivity index is 1.75. The molecule has 2 fully saturated rings. The molecule has 0 aliphatic carbocycles. The van der Waals surface area contributed by atoms with E-state index >= 15 is 0 Å². The fourth-order valence-electron chi connectivity index (χ4n) is 2.79. The Morgan fingerprint density at radius 2 is 2.30 bits per heavy atom. The van der Waals surface area contributed by atoms with Gasteiger partial charge in [0.25, 0.3) is 0 Å². The van der Waals surface area contributed by atoms with Crippen molar-refractivity contribution in [3.05, 3.63) is 17.8 Å². The van der Waals surface area contributed by atoms with E-state index in [9.17, 15) is 9.18 Å². The highest BCUT2D eigenvalue weighted by atomic mass is 19.1. The molecule has 0 radical (unpaired) electrons. The van der Waals surface area contributed by atoms with Crippen LogP contribution in [0.25, 0.3) is 0 Å². The predicted molar refractivity (Wildman–Crippen MR) is 70.0 cm³/mol. The van der Waals surface area contributed by atoms with Gasteiger partial charge in [-0.05, 0) is 12.8 Å². The molecule has 3 rings (SSSR count). The topological polar surface area (TPSA) is 58.6 Å². The van der Waals surface area contributed by atoms with Crippen molar-refractivity contribution >= 4 is 11.9 Å². The normalized spacial score (nSPS) is 22.5. The number of ether oxygens (including phenoxy) is 1. The van der Waals surface area contributed by atoms with E-state index < -0.39 is 0 Å².